The second-order valence-corrected chi connectivity index (χ2v) is 5.63. The Morgan fingerprint density at radius 2 is 2.28 bits per heavy atom. The summed E-state index contributed by atoms with van der Waals surface area (Å²) in [6.07, 6.45) is 7.72. The van der Waals surface area contributed by atoms with Gasteiger partial charge in [-0.25, -0.2) is 4.98 Å². The number of ether oxygens (including phenoxy) is 1. The van der Waals surface area contributed by atoms with Crippen molar-refractivity contribution < 1.29 is 4.74 Å². The average Bonchev–Trinajstić information content (AvgIpc) is 3.00. The maximum Gasteiger partial charge on any atom is 0.213 e. The molecule has 3 nitrogen and oxygen atoms in total. The van der Waals surface area contributed by atoms with E-state index in [1.807, 2.05) is 19.2 Å². The van der Waals surface area contributed by atoms with Crippen LogP contribution in [0.15, 0.2) is 18.3 Å². The number of nitrogens with one attached hydrogen (secondary N) is 1. The summed E-state index contributed by atoms with van der Waals surface area (Å²) in [7, 11) is 0. The van der Waals surface area contributed by atoms with E-state index in [1.165, 1.54) is 25.7 Å². The van der Waals surface area contributed by atoms with Gasteiger partial charge >= 0.3 is 0 Å². The highest BCUT2D eigenvalue weighted by Gasteiger charge is 2.38. The summed E-state index contributed by atoms with van der Waals surface area (Å²) in [6.45, 7) is 3.75. The molecule has 0 aromatic carbocycles. The Kier molecular flexibility index (Phi) is 3.39. The summed E-state index contributed by atoms with van der Waals surface area (Å²) >= 11 is 0. The minimum Gasteiger partial charge on any atom is -0.478 e. The monoisotopic (exact) mass is 246 g/mol. The Morgan fingerprint density at radius 3 is 2.89 bits per heavy atom. The lowest BCUT2D eigenvalue weighted by molar-refractivity contribution is 0.327. The third kappa shape index (κ3) is 2.45. The second kappa shape index (κ2) is 5.17. The largest absolute Gasteiger partial charge is 0.478 e. The van der Waals surface area contributed by atoms with Gasteiger partial charge in [-0.15, -0.1) is 0 Å². The Labute approximate surface area is 109 Å². The molecular weight excluding hydrogens is 224 g/mol. The van der Waals surface area contributed by atoms with E-state index in [0.717, 1.165) is 30.0 Å². The quantitative estimate of drug-likeness (QED) is 0.865. The van der Waals surface area contributed by atoms with E-state index in [4.69, 9.17) is 4.74 Å². The molecule has 98 valence electrons. The highest BCUT2D eigenvalue weighted by atomic mass is 16.5. The van der Waals surface area contributed by atoms with E-state index in [9.17, 15) is 0 Å². The first kappa shape index (κ1) is 11.8. The van der Waals surface area contributed by atoms with E-state index >= 15 is 0 Å². The molecular formula is C15H22N2O. The van der Waals surface area contributed by atoms with E-state index in [-0.39, 0.29) is 0 Å². The van der Waals surface area contributed by atoms with Crippen molar-refractivity contribution >= 4 is 5.69 Å². The first-order valence-electron chi connectivity index (χ1n) is 7.18. The van der Waals surface area contributed by atoms with Crippen LogP contribution in [0.3, 0.4) is 0 Å². The topological polar surface area (TPSA) is 34.1 Å². The molecule has 2 aliphatic rings. The lowest BCUT2D eigenvalue weighted by Crippen LogP contribution is -2.20. The SMILES string of the molecule is CCOc1ccc(NCC2CC3CCC2C3)cn1. The third-order valence-corrected chi connectivity index (χ3v) is 4.48. The highest BCUT2D eigenvalue weighted by Crippen LogP contribution is 2.48. The van der Waals surface area contributed by atoms with Crippen molar-refractivity contribution in [3.8, 4) is 5.88 Å². The molecule has 2 fully saturated rings. The van der Waals surface area contributed by atoms with Gasteiger partial charge in [-0.1, -0.05) is 6.42 Å². The fourth-order valence-corrected chi connectivity index (χ4v) is 3.59. The van der Waals surface area contributed by atoms with Crippen molar-refractivity contribution in [3.63, 3.8) is 0 Å². The van der Waals surface area contributed by atoms with E-state index in [1.54, 1.807) is 0 Å². The predicted octanol–water partition coefficient (Wildman–Crippen LogP) is 3.33. The zero-order valence-corrected chi connectivity index (χ0v) is 11.1. The van der Waals surface area contributed by atoms with Crippen LogP contribution in [0.25, 0.3) is 0 Å². The van der Waals surface area contributed by atoms with Crippen molar-refractivity contribution in [3.05, 3.63) is 18.3 Å². The molecule has 3 atom stereocenters. The molecule has 1 N–H and O–H groups in total. The summed E-state index contributed by atoms with van der Waals surface area (Å²) in [6, 6.07) is 4.00. The summed E-state index contributed by atoms with van der Waals surface area (Å²) in [5, 5.41) is 3.52. The van der Waals surface area contributed by atoms with Crippen LogP contribution in [0.4, 0.5) is 5.69 Å². The van der Waals surface area contributed by atoms with Crippen molar-refractivity contribution in [2.75, 3.05) is 18.5 Å². The number of hydrogen-bond donors (Lipinski definition) is 1. The fraction of sp³-hybridized carbons (Fsp3) is 0.667. The van der Waals surface area contributed by atoms with Gasteiger partial charge in [-0.2, -0.15) is 0 Å². The van der Waals surface area contributed by atoms with Crippen molar-refractivity contribution in [1.29, 1.82) is 0 Å². The van der Waals surface area contributed by atoms with Crippen LogP contribution in [0.2, 0.25) is 0 Å². The Morgan fingerprint density at radius 1 is 1.33 bits per heavy atom. The second-order valence-electron chi connectivity index (χ2n) is 5.63. The molecule has 0 amide bonds. The highest BCUT2D eigenvalue weighted by molar-refractivity contribution is 5.42. The normalized spacial score (nSPS) is 29.5. The van der Waals surface area contributed by atoms with Gasteiger partial charge in [0.2, 0.25) is 5.88 Å². The number of nitrogens with zero attached hydrogens (tertiary/aromatic N) is 1. The van der Waals surface area contributed by atoms with Crippen molar-refractivity contribution in [2.45, 2.75) is 32.6 Å². The standard InChI is InChI=1S/C15H22N2O/c1-2-18-15-6-5-14(10-17-15)16-9-13-8-11-3-4-12(13)7-11/h5-6,10-13,16H,2-4,7-9H2,1H3. The summed E-state index contributed by atoms with van der Waals surface area (Å²) < 4.78 is 5.34. The van der Waals surface area contributed by atoms with Gasteiger partial charge in [0.05, 0.1) is 18.5 Å². The van der Waals surface area contributed by atoms with E-state index in [0.29, 0.717) is 12.5 Å². The van der Waals surface area contributed by atoms with Crippen LogP contribution in [-0.2, 0) is 0 Å². The minimum absolute atomic E-state index is 0.672. The Balaban J connectivity index is 1.50. The molecule has 0 radical (unpaired) electrons. The molecule has 18 heavy (non-hydrogen) atoms. The molecule has 3 heteroatoms. The summed E-state index contributed by atoms with van der Waals surface area (Å²) in [5.41, 5.74) is 1.11. The molecule has 3 unspecified atom stereocenters. The van der Waals surface area contributed by atoms with Crippen LogP contribution in [-0.4, -0.2) is 18.1 Å². The molecule has 2 bridgehead atoms. The number of rotatable bonds is 5. The number of aromatic nitrogens is 1. The van der Waals surface area contributed by atoms with Crippen LogP contribution < -0.4 is 10.1 Å². The van der Waals surface area contributed by atoms with Crippen molar-refractivity contribution in [1.82, 2.24) is 4.98 Å². The van der Waals surface area contributed by atoms with Crippen LogP contribution in [0, 0.1) is 17.8 Å². The molecule has 1 aromatic rings. The molecule has 0 aliphatic heterocycles. The molecule has 1 aromatic heterocycles. The molecule has 2 saturated carbocycles. The van der Waals surface area contributed by atoms with Crippen LogP contribution >= 0.6 is 0 Å². The molecule has 3 rings (SSSR count). The molecule has 0 spiro atoms. The van der Waals surface area contributed by atoms with Gasteiger partial charge in [0.1, 0.15) is 0 Å². The van der Waals surface area contributed by atoms with E-state index < -0.39 is 0 Å². The van der Waals surface area contributed by atoms with Gasteiger partial charge in [-0.3, -0.25) is 0 Å². The number of anilines is 1. The van der Waals surface area contributed by atoms with Gasteiger partial charge < -0.3 is 10.1 Å². The van der Waals surface area contributed by atoms with Gasteiger partial charge in [-0.05, 0) is 50.0 Å². The average molecular weight is 246 g/mol. The zero-order valence-electron chi connectivity index (χ0n) is 11.1. The predicted molar refractivity (Wildman–Crippen MR) is 72.8 cm³/mol. The number of hydrogen-bond acceptors (Lipinski definition) is 3. The summed E-state index contributed by atoms with van der Waals surface area (Å²) in [5.74, 6) is 3.61. The Hall–Kier alpha value is -1.25. The third-order valence-electron chi connectivity index (χ3n) is 4.48. The van der Waals surface area contributed by atoms with E-state index in [2.05, 4.69) is 16.4 Å². The van der Waals surface area contributed by atoms with Crippen LogP contribution in [0.1, 0.15) is 32.6 Å². The van der Waals surface area contributed by atoms with Crippen LogP contribution in [0.5, 0.6) is 5.88 Å². The minimum atomic E-state index is 0.672. The van der Waals surface area contributed by atoms with Crippen molar-refractivity contribution in [2.24, 2.45) is 17.8 Å². The van der Waals surface area contributed by atoms with Gasteiger partial charge in [0.15, 0.2) is 0 Å². The smallest absolute Gasteiger partial charge is 0.213 e. The maximum absolute atomic E-state index is 5.34. The first-order valence-corrected chi connectivity index (χ1v) is 7.18. The number of pyridine rings is 1. The van der Waals surface area contributed by atoms with Gasteiger partial charge in [0, 0.05) is 12.6 Å². The molecule has 1 heterocycles. The Bertz CT molecular complexity index is 390. The molecule has 0 saturated heterocycles. The van der Waals surface area contributed by atoms with Gasteiger partial charge in [0.25, 0.3) is 0 Å². The molecule has 2 aliphatic carbocycles. The lowest BCUT2D eigenvalue weighted by Gasteiger charge is -2.22. The summed E-state index contributed by atoms with van der Waals surface area (Å²) in [4.78, 5) is 4.28. The fourth-order valence-electron chi connectivity index (χ4n) is 3.59. The zero-order chi connectivity index (χ0) is 12.4. The maximum atomic E-state index is 5.34. The first-order chi connectivity index (χ1) is 8.85. The lowest BCUT2D eigenvalue weighted by atomic mass is 9.89. The number of fused-ring (bicyclic) bond motifs is 2.